The van der Waals surface area contributed by atoms with Crippen LogP contribution in [0.4, 0.5) is 0 Å². The first-order valence-corrected chi connectivity index (χ1v) is 6.65. The van der Waals surface area contributed by atoms with Gasteiger partial charge in [-0.25, -0.2) is 0 Å². The number of nitrogens with one attached hydrogen (secondary N) is 1. The molecular formula is C14H20N4O2. The van der Waals surface area contributed by atoms with E-state index in [1.54, 1.807) is 12.4 Å². The lowest BCUT2D eigenvalue weighted by Crippen LogP contribution is -2.56. The van der Waals surface area contributed by atoms with E-state index in [0.29, 0.717) is 25.3 Å². The smallest absolute Gasteiger partial charge is 0.234 e. The van der Waals surface area contributed by atoms with Gasteiger partial charge < -0.3 is 16.3 Å². The predicted octanol–water partition coefficient (Wildman–Crippen LogP) is 1.17. The van der Waals surface area contributed by atoms with Crippen molar-refractivity contribution >= 4 is 11.7 Å². The van der Waals surface area contributed by atoms with Gasteiger partial charge in [0, 0.05) is 18.9 Å². The number of carbonyl (C=O) groups is 1. The Morgan fingerprint density at radius 2 is 2.35 bits per heavy atom. The lowest BCUT2D eigenvalue weighted by atomic mass is 9.61. The van der Waals surface area contributed by atoms with Crippen molar-refractivity contribution in [2.75, 3.05) is 0 Å². The number of pyridine rings is 1. The Morgan fingerprint density at radius 3 is 2.90 bits per heavy atom. The van der Waals surface area contributed by atoms with E-state index in [1.807, 2.05) is 19.9 Å². The predicted molar refractivity (Wildman–Crippen MR) is 75.1 cm³/mol. The molecule has 1 heterocycles. The van der Waals surface area contributed by atoms with E-state index in [-0.39, 0.29) is 11.7 Å². The third-order valence-electron chi connectivity index (χ3n) is 4.01. The van der Waals surface area contributed by atoms with Crippen molar-refractivity contribution < 1.29 is 10.0 Å². The van der Waals surface area contributed by atoms with Crippen molar-refractivity contribution in [2.24, 2.45) is 22.2 Å². The van der Waals surface area contributed by atoms with E-state index in [0.717, 1.165) is 11.1 Å². The minimum atomic E-state index is -0.857. The molecule has 1 fully saturated rings. The molecule has 6 nitrogen and oxygen atoms in total. The molecule has 0 saturated heterocycles. The first-order valence-electron chi connectivity index (χ1n) is 6.65. The van der Waals surface area contributed by atoms with Gasteiger partial charge in [0.2, 0.25) is 5.91 Å². The Morgan fingerprint density at radius 1 is 1.65 bits per heavy atom. The molecule has 0 radical (unpaired) electrons. The number of amidine groups is 1. The van der Waals surface area contributed by atoms with Gasteiger partial charge in [-0.3, -0.25) is 9.78 Å². The minimum absolute atomic E-state index is 0.00370. The molecule has 1 aromatic rings. The van der Waals surface area contributed by atoms with Crippen LogP contribution in [0, 0.1) is 18.3 Å². The van der Waals surface area contributed by atoms with Crippen LogP contribution in [0.25, 0.3) is 0 Å². The summed E-state index contributed by atoms with van der Waals surface area (Å²) in [5.41, 5.74) is 6.88. The number of aromatic nitrogens is 1. The van der Waals surface area contributed by atoms with Gasteiger partial charge in [0.15, 0.2) is 5.84 Å². The molecule has 0 aromatic carbocycles. The van der Waals surface area contributed by atoms with Gasteiger partial charge >= 0.3 is 0 Å². The number of hydrogen-bond donors (Lipinski definition) is 3. The molecule has 2 rings (SSSR count). The Balaban J connectivity index is 2.06. The highest BCUT2D eigenvalue weighted by atomic mass is 16.4. The highest BCUT2D eigenvalue weighted by Crippen LogP contribution is 2.45. The number of hydrogen-bond acceptors (Lipinski definition) is 4. The second-order valence-electron chi connectivity index (χ2n) is 5.57. The van der Waals surface area contributed by atoms with E-state index < -0.39 is 5.41 Å². The topological polar surface area (TPSA) is 101 Å². The summed E-state index contributed by atoms with van der Waals surface area (Å²) in [5, 5.41) is 14.8. The van der Waals surface area contributed by atoms with Crippen molar-refractivity contribution in [3.8, 4) is 0 Å². The molecule has 6 heteroatoms. The molecule has 108 valence electrons. The van der Waals surface area contributed by atoms with Gasteiger partial charge in [-0.2, -0.15) is 0 Å². The molecule has 20 heavy (non-hydrogen) atoms. The quantitative estimate of drug-likeness (QED) is 0.332. The molecule has 0 bridgehead atoms. The van der Waals surface area contributed by atoms with Gasteiger partial charge in [-0.05, 0) is 42.9 Å². The molecule has 0 atom stereocenters. The highest BCUT2D eigenvalue weighted by Gasteiger charge is 2.52. The van der Waals surface area contributed by atoms with Gasteiger partial charge in [-0.1, -0.05) is 12.1 Å². The zero-order chi connectivity index (χ0) is 14.8. The van der Waals surface area contributed by atoms with Crippen LogP contribution in [0.15, 0.2) is 23.6 Å². The van der Waals surface area contributed by atoms with E-state index in [1.165, 1.54) is 0 Å². The molecule has 1 saturated carbocycles. The van der Waals surface area contributed by atoms with Crippen LogP contribution >= 0.6 is 0 Å². The van der Waals surface area contributed by atoms with Gasteiger partial charge in [-0.15, -0.1) is 0 Å². The maximum Gasteiger partial charge on any atom is 0.234 e. The largest absolute Gasteiger partial charge is 0.409 e. The molecule has 0 aliphatic heterocycles. The van der Waals surface area contributed by atoms with Crippen molar-refractivity contribution in [2.45, 2.75) is 33.2 Å². The summed E-state index contributed by atoms with van der Waals surface area (Å²) in [6.07, 6.45) is 4.67. The average Bonchev–Trinajstić information content (AvgIpc) is 2.41. The second-order valence-corrected chi connectivity index (χ2v) is 5.57. The van der Waals surface area contributed by atoms with Gasteiger partial charge in [0.05, 0.1) is 0 Å². The Hall–Kier alpha value is -2.11. The van der Waals surface area contributed by atoms with Crippen molar-refractivity contribution in [1.29, 1.82) is 0 Å². The zero-order valence-electron chi connectivity index (χ0n) is 11.8. The van der Waals surface area contributed by atoms with Crippen molar-refractivity contribution in [3.05, 3.63) is 29.6 Å². The average molecular weight is 276 g/mol. The van der Waals surface area contributed by atoms with E-state index in [2.05, 4.69) is 15.5 Å². The number of nitrogens with zero attached hydrogens (tertiary/aromatic N) is 2. The molecular weight excluding hydrogens is 256 g/mol. The standard InChI is InChI=1S/C14H20N4O2/c1-9-5-14(6-9,12(15)18-20)13(19)17-8-11-7-16-4-3-10(11)2/h3-4,7,9,20H,5-6,8H2,1-2H3,(H2,15,18)(H,17,19). The summed E-state index contributed by atoms with van der Waals surface area (Å²) in [7, 11) is 0. The fourth-order valence-electron chi connectivity index (χ4n) is 2.76. The van der Waals surface area contributed by atoms with Crippen LogP contribution in [-0.2, 0) is 11.3 Å². The maximum atomic E-state index is 12.4. The van der Waals surface area contributed by atoms with E-state index >= 15 is 0 Å². The third kappa shape index (κ3) is 2.45. The fourth-order valence-corrected chi connectivity index (χ4v) is 2.76. The van der Waals surface area contributed by atoms with Gasteiger partial charge in [0.1, 0.15) is 5.41 Å². The number of nitrogens with two attached hydrogens (primary N) is 1. The molecule has 4 N–H and O–H groups in total. The zero-order valence-corrected chi connectivity index (χ0v) is 11.8. The van der Waals surface area contributed by atoms with E-state index in [4.69, 9.17) is 10.9 Å². The molecule has 0 unspecified atom stereocenters. The molecule has 0 spiro atoms. The first-order chi connectivity index (χ1) is 9.49. The SMILES string of the molecule is Cc1ccncc1CNC(=O)C1(/C(N)=N/O)CC(C)C1. The van der Waals surface area contributed by atoms with Crippen LogP contribution in [0.1, 0.15) is 30.9 Å². The summed E-state index contributed by atoms with van der Waals surface area (Å²) in [5.74, 6) is 0.214. The highest BCUT2D eigenvalue weighted by molar-refractivity contribution is 6.07. The van der Waals surface area contributed by atoms with Crippen LogP contribution in [-0.4, -0.2) is 21.9 Å². The maximum absolute atomic E-state index is 12.4. The Labute approximate surface area is 118 Å². The normalized spacial score (nSPS) is 25.9. The summed E-state index contributed by atoms with van der Waals surface area (Å²) in [4.78, 5) is 16.4. The lowest BCUT2D eigenvalue weighted by molar-refractivity contribution is -0.133. The van der Waals surface area contributed by atoms with E-state index in [9.17, 15) is 4.79 Å². The minimum Gasteiger partial charge on any atom is -0.409 e. The van der Waals surface area contributed by atoms with Crippen LogP contribution in [0.2, 0.25) is 0 Å². The molecule has 1 aromatic heterocycles. The molecule has 1 amide bonds. The number of carbonyl (C=O) groups excluding carboxylic acids is 1. The fraction of sp³-hybridized carbons (Fsp3) is 0.500. The number of rotatable bonds is 4. The van der Waals surface area contributed by atoms with Crippen LogP contribution in [0.3, 0.4) is 0 Å². The summed E-state index contributed by atoms with van der Waals surface area (Å²) < 4.78 is 0. The monoisotopic (exact) mass is 276 g/mol. The third-order valence-corrected chi connectivity index (χ3v) is 4.01. The summed E-state index contributed by atoms with van der Waals surface area (Å²) in [6.45, 7) is 4.41. The van der Waals surface area contributed by atoms with Gasteiger partial charge in [0.25, 0.3) is 0 Å². The Kier molecular flexibility index (Phi) is 3.92. The van der Waals surface area contributed by atoms with Crippen LogP contribution < -0.4 is 11.1 Å². The Bertz CT molecular complexity index is 536. The van der Waals surface area contributed by atoms with Crippen LogP contribution in [0.5, 0.6) is 0 Å². The number of amides is 1. The van der Waals surface area contributed by atoms with Crippen molar-refractivity contribution in [1.82, 2.24) is 10.3 Å². The first kappa shape index (κ1) is 14.3. The van der Waals surface area contributed by atoms with Crippen molar-refractivity contribution in [3.63, 3.8) is 0 Å². The second kappa shape index (κ2) is 5.48. The molecule has 1 aliphatic carbocycles. The summed E-state index contributed by atoms with van der Waals surface area (Å²) in [6, 6.07) is 1.90. The number of aryl methyl sites for hydroxylation is 1. The summed E-state index contributed by atoms with van der Waals surface area (Å²) >= 11 is 0. The molecule has 1 aliphatic rings. The lowest BCUT2D eigenvalue weighted by Gasteiger charge is -2.43. The number of oxime groups is 1.